The molecule has 0 radical (unpaired) electrons. The highest BCUT2D eigenvalue weighted by atomic mass is 16.2. The van der Waals surface area contributed by atoms with Crippen LogP contribution in [0.2, 0.25) is 0 Å². The number of aromatic nitrogens is 2. The molecule has 0 aliphatic carbocycles. The lowest BCUT2D eigenvalue weighted by Crippen LogP contribution is -2.48. The fourth-order valence-corrected chi connectivity index (χ4v) is 5.94. The Balaban J connectivity index is 1.50. The number of hydrogen-bond donors (Lipinski definition) is 0. The Morgan fingerprint density at radius 1 is 1.12 bits per heavy atom. The van der Waals surface area contributed by atoms with Crippen molar-refractivity contribution in [1.82, 2.24) is 19.4 Å². The topological polar surface area (TPSA) is 58.4 Å². The van der Waals surface area contributed by atoms with Gasteiger partial charge in [-0.25, -0.2) is 0 Å². The molecule has 0 spiro atoms. The first-order valence-electron chi connectivity index (χ1n) is 12.2. The summed E-state index contributed by atoms with van der Waals surface area (Å²) >= 11 is 0. The van der Waals surface area contributed by atoms with E-state index in [2.05, 4.69) is 29.8 Å². The molecular weight excluding hydrogens is 400 g/mol. The summed E-state index contributed by atoms with van der Waals surface area (Å²) in [6.45, 7) is 10.1. The lowest BCUT2D eigenvalue weighted by atomic mass is 9.82. The van der Waals surface area contributed by atoms with E-state index < -0.39 is 0 Å². The van der Waals surface area contributed by atoms with Gasteiger partial charge in [-0.05, 0) is 55.7 Å². The molecule has 2 aromatic rings. The highest BCUT2D eigenvalue weighted by Gasteiger charge is 2.35. The molecule has 2 bridgehead atoms. The maximum absolute atomic E-state index is 13.3. The van der Waals surface area contributed by atoms with Crippen LogP contribution in [0.4, 0.5) is 0 Å². The molecule has 3 aliphatic rings. The van der Waals surface area contributed by atoms with Crippen molar-refractivity contribution in [2.24, 2.45) is 11.8 Å². The van der Waals surface area contributed by atoms with Crippen molar-refractivity contribution < 1.29 is 4.79 Å². The van der Waals surface area contributed by atoms with Crippen LogP contribution in [0.15, 0.2) is 35.3 Å². The minimum atomic E-state index is 0.0338. The van der Waals surface area contributed by atoms with Gasteiger partial charge in [-0.1, -0.05) is 13.8 Å². The van der Waals surface area contributed by atoms with Gasteiger partial charge >= 0.3 is 0 Å². The molecular formula is C26H34N4O2. The molecule has 0 aromatic carbocycles. The van der Waals surface area contributed by atoms with E-state index in [1.807, 2.05) is 21.6 Å². The van der Waals surface area contributed by atoms with Gasteiger partial charge in [0.25, 0.3) is 11.5 Å². The van der Waals surface area contributed by atoms with Gasteiger partial charge < -0.3 is 14.4 Å². The standard InChI is InChI=1S/C26H34N4O2/c1-18(2)14-28-15-19-11-21(17-28)23-12-20(13-24(31)30(23)16-19)25-22(7-6-8-27-25)26(32)29-9-4-3-5-10-29/h6-8,12-13,18-19,21H,3-5,9-11,14-17H2,1-2H3/t19-,21+/m0/s1. The summed E-state index contributed by atoms with van der Waals surface area (Å²) in [5.41, 5.74) is 3.17. The van der Waals surface area contributed by atoms with Crippen LogP contribution in [-0.2, 0) is 6.54 Å². The summed E-state index contributed by atoms with van der Waals surface area (Å²) < 4.78 is 1.98. The van der Waals surface area contributed by atoms with E-state index in [1.165, 1.54) is 6.42 Å². The third kappa shape index (κ3) is 4.13. The van der Waals surface area contributed by atoms with Gasteiger partial charge in [-0.3, -0.25) is 14.6 Å². The van der Waals surface area contributed by atoms with Gasteiger partial charge in [0, 0.05) is 68.7 Å². The SMILES string of the molecule is CC(C)CN1C[C@@H]2C[C@H](C1)c1cc(-c3ncccc3C(=O)N3CCCCC3)cc(=O)n1C2. The second-order valence-electron chi connectivity index (χ2n) is 10.3. The average Bonchev–Trinajstić information content (AvgIpc) is 2.79. The first-order valence-corrected chi connectivity index (χ1v) is 12.2. The summed E-state index contributed by atoms with van der Waals surface area (Å²) in [5, 5.41) is 0. The van der Waals surface area contributed by atoms with Crippen molar-refractivity contribution >= 4 is 5.91 Å². The minimum absolute atomic E-state index is 0.0338. The zero-order valence-corrected chi connectivity index (χ0v) is 19.3. The summed E-state index contributed by atoms with van der Waals surface area (Å²) in [5.74, 6) is 1.57. The van der Waals surface area contributed by atoms with Crippen LogP contribution in [0.5, 0.6) is 0 Å². The highest BCUT2D eigenvalue weighted by Crippen LogP contribution is 2.37. The molecule has 3 aliphatic heterocycles. The first-order chi connectivity index (χ1) is 15.5. The summed E-state index contributed by atoms with van der Waals surface area (Å²) in [4.78, 5) is 35.5. The Morgan fingerprint density at radius 2 is 1.94 bits per heavy atom. The van der Waals surface area contributed by atoms with Gasteiger partial charge in [-0.15, -0.1) is 0 Å². The first kappa shape index (κ1) is 21.4. The van der Waals surface area contributed by atoms with Gasteiger partial charge in [0.05, 0.1) is 11.3 Å². The van der Waals surface area contributed by atoms with Crippen LogP contribution in [-0.4, -0.2) is 58.0 Å². The number of pyridine rings is 2. The third-order valence-corrected chi connectivity index (χ3v) is 7.21. The fraction of sp³-hybridized carbons (Fsp3) is 0.577. The monoisotopic (exact) mass is 434 g/mol. The van der Waals surface area contributed by atoms with Gasteiger partial charge in [0.1, 0.15) is 0 Å². The number of likely N-dealkylation sites (tertiary alicyclic amines) is 2. The molecule has 32 heavy (non-hydrogen) atoms. The molecule has 2 atom stereocenters. The molecule has 6 nitrogen and oxygen atoms in total. The van der Waals surface area contributed by atoms with Gasteiger partial charge in [0.15, 0.2) is 0 Å². The number of carbonyl (C=O) groups excluding carboxylic acids is 1. The summed E-state index contributed by atoms with van der Waals surface area (Å²) in [7, 11) is 0. The number of amides is 1. The zero-order chi connectivity index (χ0) is 22.2. The predicted molar refractivity (Wildman–Crippen MR) is 126 cm³/mol. The van der Waals surface area contributed by atoms with E-state index in [-0.39, 0.29) is 11.5 Å². The molecule has 6 heteroatoms. The van der Waals surface area contributed by atoms with Crippen LogP contribution in [0.3, 0.4) is 0 Å². The molecule has 2 fully saturated rings. The molecule has 0 N–H and O–H groups in total. The van der Waals surface area contributed by atoms with E-state index in [0.29, 0.717) is 29.0 Å². The second kappa shape index (κ2) is 8.81. The number of piperidine rings is 2. The smallest absolute Gasteiger partial charge is 0.256 e. The maximum atomic E-state index is 13.3. The maximum Gasteiger partial charge on any atom is 0.256 e. The molecule has 1 amide bonds. The number of nitrogens with zero attached hydrogens (tertiary/aromatic N) is 4. The number of hydrogen-bond acceptors (Lipinski definition) is 4. The Hall–Kier alpha value is -2.47. The highest BCUT2D eigenvalue weighted by molar-refractivity contribution is 5.99. The Morgan fingerprint density at radius 3 is 2.72 bits per heavy atom. The number of carbonyl (C=O) groups is 1. The van der Waals surface area contributed by atoms with E-state index in [0.717, 1.165) is 69.8 Å². The van der Waals surface area contributed by atoms with Crippen LogP contribution in [0.1, 0.15) is 61.5 Å². The van der Waals surface area contributed by atoms with Crippen molar-refractivity contribution in [3.8, 4) is 11.3 Å². The molecule has 5 heterocycles. The van der Waals surface area contributed by atoms with Crippen LogP contribution in [0, 0.1) is 11.8 Å². The lowest BCUT2D eigenvalue weighted by molar-refractivity contribution is 0.0725. The Labute approximate surface area is 190 Å². The van der Waals surface area contributed by atoms with E-state index in [9.17, 15) is 9.59 Å². The van der Waals surface area contributed by atoms with Crippen molar-refractivity contribution in [2.75, 3.05) is 32.7 Å². The Bertz CT molecular complexity index is 1050. The van der Waals surface area contributed by atoms with Crippen molar-refractivity contribution in [1.29, 1.82) is 0 Å². The van der Waals surface area contributed by atoms with Crippen LogP contribution in [0.25, 0.3) is 11.3 Å². The number of rotatable bonds is 4. The summed E-state index contributed by atoms with van der Waals surface area (Å²) in [6, 6.07) is 7.50. The van der Waals surface area contributed by atoms with Gasteiger partial charge in [-0.2, -0.15) is 0 Å². The Kier molecular flexibility index (Phi) is 5.89. The van der Waals surface area contributed by atoms with Crippen molar-refractivity contribution in [3.63, 3.8) is 0 Å². The minimum Gasteiger partial charge on any atom is -0.339 e. The van der Waals surface area contributed by atoms with E-state index in [1.54, 1.807) is 12.3 Å². The largest absolute Gasteiger partial charge is 0.339 e. The fourth-order valence-electron chi connectivity index (χ4n) is 5.94. The van der Waals surface area contributed by atoms with Gasteiger partial charge in [0.2, 0.25) is 0 Å². The van der Waals surface area contributed by atoms with Crippen molar-refractivity contribution in [3.05, 3.63) is 52.1 Å². The quantitative estimate of drug-likeness (QED) is 0.738. The van der Waals surface area contributed by atoms with E-state index in [4.69, 9.17) is 0 Å². The van der Waals surface area contributed by atoms with Crippen LogP contribution < -0.4 is 5.56 Å². The third-order valence-electron chi connectivity index (χ3n) is 7.21. The lowest BCUT2D eigenvalue weighted by Gasteiger charge is -2.43. The van der Waals surface area contributed by atoms with Crippen LogP contribution >= 0.6 is 0 Å². The predicted octanol–water partition coefficient (Wildman–Crippen LogP) is 3.61. The zero-order valence-electron chi connectivity index (χ0n) is 19.3. The number of fused-ring (bicyclic) bond motifs is 4. The molecule has 0 saturated carbocycles. The second-order valence-corrected chi connectivity index (χ2v) is 10.3. The molecule has 2 saturated heterocycles. The normalized spacial score (nSPS) is 23.3. The van der Waals surface area contributed by atoms with E-state index >= 15 is 0 Å². The molecule has 0 unspecified atom stereocenters. The van der Waals surface area contributed by atoms with Crippen molar-refractivity contribution in [2.45, 2.75) is 52.0 Å². The molecule has 170 valence electrons. The average molecular weight is 435 g/mol. The molecule has 5 rings (SSSR count). The molecule has 2 aromatic heterocycles. The summed E-state index contributed by atoms with van der Waals surface area (Å²) in [6.07, 6.45) is 6.15.